The van der Waals surface area contributed by atoms with Gasteiger partial charge in [0, 0.05) is 11.3 Å². The van der Waals surface area contributed by atoms with Crippen LogP contribution in [0.25, 0.3) is 0 Å². The van der Waals surface area contributed by atoms with Crippen molar-refractivity contribution in [1.29, 1.82) is 0 Å². The van der Waals surface area contributed by atoms with Crippen molar-refractivity contribution >= 4 is 16.9 Å². The molecular weight excluding hydrogens is 234 g/mol. The average molecular weight is 253 g/mol. The van der Waals surface area contributed by atoms with Crippen LogP contribution in [-0.4, -0.2) is 22.1 Å². The molecule has 1 aliphatic heterocycles. The zero-order valence-electron chi connectivity index (χ0n) is 10.6. The van der Waals surface area contributed by atoms with Gasteiger partial charge in [-0.05, 0) is 11.8 Å². The second kappa shape index (κ2) is 5.12. The lowest BCUT2D eigenvalue weighted by Gasteiger charge is -2.21. The van der Waals surface area contributed by atoms with Crippen molar-refractivity contribution in [2.45, 2.75) is 39.0 Å². The van der Waals surface area contributed by atoms with Crippen LogP contribution in [0.3, 0.4) is 0 Å². The highest BCUT2D eigenvalue weighted by Crippen LogP contribution is 2.31. The Balaban J connectivity index is 1.74. The summed E-state index contributed by atoms with van der Waals surface area (Å²) >= 11 is 1.84. The Morgan fingerprint density at radius 1 is 1.53 bits per heavy atom. The molecule has 17 heavy (non-hydrogen) atoms. The van der Waals surface area contributed by atoms with Crippen LogP contribution in [0.2, 0.25) is 0 Å². The molecule has 0 amide bonds. The number of hydrogen-bond donors (Lipinski definition) is 1. The predicted octanol–water partition coefficient (Wildman–Crippen LogP) is 2.67. The molecule has 0 saturated heterocycles. The third kappa shape index (κ3) is 4.07. The van der Waals surface area contributed by atoms with Gasteiger partial charge in [0.25, 0.3) is 0 Å². The summed E-state index contributed by atoms with van der Waals surface area (Å²) in [7, 11) is 0. The molecule has 1 N–H and O–H groups in total. The van der Waals surface area contributed by atoms with E-state index < -0.39 is 0 Å². The van der Waals surface area contributed by atoms with E-state index in [0.717, 1.165) is 17.5 Å². The SMILES string of the molecule is CC(C)(C)CC1CN=C(NCc2ccno2)S1. The number of thioether (sulfide) groups is 1. The maximum atomic E-state index is 5.02. The van der Waals surface area contributed by atoms with Crippen molar-refractivity contribution < 1.29 is 4.52 Å². The van der Waals surface area contributed by atoms with Crippen LogP contribution < -0.4 is 5.32 Å². The van der Waals surface area contributed by atoms with E-state index in [1.54, 1.807) is 6.20 Å². The summed E-state index contributed by atoms with van der Waals surface area (Å²) in [5.41, 5.74) is 0.369. The van der Waals surface area contributed by atoms with Gasteiger partial charge in [0.05, 0.1) is 19.3 Å². The Hall–Kier alpha value is -0.970. The van der Waals surface area contributed by atoms with Crippen molar-refractivity contribution in [2.75, 3.05) is 6.54 Å². The summed E-state index contributed by atoms with van der Waals surface area (Å²) in [6, 6.07) is 1.86. The van der Waals surface area contributed by atoms with E-state index >= 15 is 0 Å². The molecule has 5 heteroatoms. The van der Waals surface area contributed by atoms with E-state index in [1.165, 1.54) is 6.42 Å². The first-order valence-corrected chi connectivity index (χ1v) is 6.75. The lowest BCUT2D eigenvalue weighted by atomic mass is 9.90. The largest absolute Gasteiger partial charge is 0.360 e. The first-order valence-electron chi connectivity index (χ1n) is 5.87. The maximum Gasteiger partial charge on any atom is 0.157 e. The Morgan fingerprint density at radius 3 is 3.00 bits per heavy atom. The second-order valence-corrected chi connectivity index (χ2v) is 6.77. The highest BCUT2D eigenvalue weighted by Gasteiger charge is 2.24. The smallest absolute Gasteiger partial charge is 0.157 e. The van der Waals surface area contributed by atoms with Crippen molar-refractivity contribution in [3.05, 3.63) is 18.0 Å². The van der Waals surface area contributed by atoms with Crippen molar-refractivity contribution in [2.24, 2.45) is 10.4 Å². The van der Waals surface area contributed by atoms with Gasteiger partial charge in [-0.3, -0.25) is 4.99 Å². The number of amidine groups is 1. The molecule has 2 rings (SSSR count). The van der Waals surface area contributed by atoms with E-state index in [0.29, 0.717) is 17.2 Å². The van der Waals surface area contributed by atoms with Crippen molar-refractivity contribution in [3.8, 4) is 0 Å². The van der Waals surface area contributed by atoms with Gasteiger partial charge in [-0.2, -0.15) is 0 Å². The zero-order chi connectivity index (χ0) is 12.3. The molecule has 1 aliphatic rings. The minimum absolute atomic E-state index is 0.369. The normalized spacial score (nSPS) is 20.4. The fourth-order valence-corrected chi connectivity index (χ4v) is 3.15. The predicted molar refractivity (Wildman–Crippen MR) is 71.1 cm³/mol. The third-order valence-corrected chi connectivity index (χ3v) is 3.61. The molecule has 1 atom stereocenters. The molecule has 1 aromatic heterocycles. The third-order valence-electron chi connectivity index (χ3n) is 2.46. The minimum atomic E-state index is 0.369. The summed E-state index contributed by atoms with van der Waals surface area (Å²) in [5.74, 6) is 0.840. The summed E-state index contributed by atoms with van der Waals surface area (Å²) in [5, 5.41) is 8.58. The van der Waals surface area contributed by atoms with Crippen LogP contribution in [0, 0.1) is 5.41 Å². The van der Waals surface area contributed by atoms with Gasteiger partial charge in [-0.15, -0.1) is 0 Å². The summed E-state index contributed by atoms with van der Waals surface area (Å²) < 4.78 is 5.02. The summed E-state index contributed by atoms with van der Waals surface area (Å²) in [4.78, 5) is 4.51. The highest BCUT2D eigenvalue weighted by atomic mass is 32.2. The van der Waals surface area contributed by atoms with Crippen LogP contribution in [0.5, 0.6) is 0 Å². The molecule has 0 radical (unpaired) electrons. The molecule has 0 aliphatic carbocycles. The van der Waals surface area contributed by atoms with E-state index in [9.17, 15) is 0 Å². The van der Waals surface area contributed by atoms with Gasteiger partial charge in [0.15, 0.2) is 10.9 Å². The van der Waals surface area contributed by atoms with E-state index in [1.807, 2.05) is 17.8 Å². The number of hydrogen-bond acceptors (Lipinski definition) is 5. The molecule has 1 unspecified atom stereocenters. The highest BCUT2D eigenvalue weighted by molar-refractivity contribution is 8.14. The van der Waals surface area contributed by atoms with E-state index in [4.69, 9.17) is 4.52 Å². The van der Waals surface area contributed by atoms with Crippen LogP contribution >= 0.6 is 11.8 Å². The Bertz CT molecular complexity index is 381. The van der Waals surface area contributed by atoms with Gasteiger partial charge >= 0.3 is 0 Å². The number of nitrogens with zero attached hydrogens (tertiary/aromatic N) is 2. The average Bonchev–Trinajstić information content (AvgIpc) is 2.82. The molecule has 1 aromatic rings. The second-order valence-electron chi connectivity index (χ2n) is 5.48. The lowest BCUT2D eigenvalue weighted by molar-refractivity contribution is 0.375. The number of aliphatic imine (C=N–C) groups is 1. The molecule has 0 aromatic carbocycles. The Morgan fingerprint density at radius 2 is 2.35 bits per heavy atom. The monoisotopic (exact) mass is 253 g/mol. The van der Waals surface area contributed by atoms with Crippen LogP contribution in [0.1, 0.15) is 33.0 Å². The van der Waals surface area contributed by atoms with Crippen molar-refractivity contribution in [3.63, 3.8) is 0 Å². The fourth-order valence-electron chi connectivity index (χ4n) is 1.80. The summed E-state index contributed by atoms with van der Waals surface area (Å²) in [6.45, 7) is 8.39. The van der Waals surface area contributed by atoms with E-state index in [-0.39, 0.29) is 0 Å². The molecule has 0 saturated carbocycles. The van der Waals surface area contributed by atoms with Gasteiger partial charge in [-0.1, -0.05) is 37.7 Å². The molecule has 2 heterocycles. The molecule has 94 valence electrons. The Kier molecular flexibility index (Phi) is 3.76. The quantitative estimate of drug-likeness (QED) is 0.899. The van der Waals surface area contributed by atoms with Gasteiger partial charge in [0.1, 0.15) is 0 Å². The van der Waals surface area contributed by atoms with Crippen LogP contribution in [0.15, 0.2) is 21.8 Å². The number of nitrogens with one attached hydrogen (secondary N) is 1. The number of rotatable bonds is 3. The minimum Gasteiger partial charge on any atom is -0.360 e. The van der Waals surface area contributed by atoms with Gasteiger partial charge in [0.2, 0.25) is 0 Å². The fraction of sp³-hybridized carbons (Fsp3) is 0.667. The van der Waals surface area contributed by atoms with E-state index in [2.05, 4.69) is 36.2 Å². The number of aromatic nitrogens is 1. The molecule has 0 spiro atoms. The first-order chi connectivity index (χ1) is 8.03. The zero-order valence-corrected chi connectivity index (χ0v) is 11.4. The van der Waals surface area contributed by atoms with Crippen LogP contribution in [-0.2, 0) is 6.54 Å². The molecule has 0 bridgehead atoms. The van der Waals surface area contributed by atoms with Crippen molar-refractivity contribution in [1.82, 2.24) is 10.5 Å². The van der Waals surface area contributed by atoms with Gasteiger partial charge < -0.3 is 9.84 Å². The molecule has 0 fully saturated rings. The molecular formula is C12H19N3OS. The lowest BCUT2D eigenvalue weighted by Crippen LogP contribution is -2.20. The van der Waals surface area contributed by atoms with Crippen LogP contribution in [0.4, 0.5) is 0 Å². The maximum absolute atomic E-state index is 5.02. The first kappa shape index (κ1) is 12.5. The standard InChI is InChI=1S/C12H19N3OS/c1-12(2,3)6-10-8-14-11(17-10)13-7-9-4-5-15-16-9/h4-5,10H,6-8H2,1-3H3,(H,13,14). The topological polar surface area (TPSA) is 50.4 Å². The Labute approximate surface area is 106 Å². The molecule has 4 nitrogen and oxygen atoms in total. The summed E-state index contributed by atoms with van der Waals surface area (Å²) in [6.07, 6.45) is 2.84. The van der Waals surface area contributed by atoms with Gasteiger partial charge in [-0.25, -0.2) is 0 Å².